The van der Waals surface area contributed by atoms with E-state index in [1.165, 1.54) is 116 Å². The molecule has 0 heterocycles. The van der Waals surface area contributed by atoms with E-state index in [9.17, 15) is 4.79 Å². The van der Waals surface area contributed by atoms with Crippen molar-refractivity contribution in [1.82, 2.24) is 0 Å². The van der Waals surface area contributed by atoms with Gasteiger partial charge in [-0.05, 0) is 38.5 Å². The van der Waals surface area contributed by atoms with E-state index >= 15 is 0 Å². The molecule has 0 aliphatic rings. The number of hydrogen-bond acceptors (Lipinski definition) is 6. The molecule has 0 aromatic heterocycles. The van der Waals surface area contributed by atoms with Gasteiger partial charge in [0.1, 0.15) is 13.1 Å². The number of unbranched alkanes of at least 4 members (excludes halogenated alkanes) is 15. The Morgan fingerprint density at radius 2 is 0.917 bits per heavy atom. The molecule has 18 heteroatoms. The SMILES string of the molecule is CCCCCCCC(=O)O.CCCCCCCCOO.O=[N+]([O-])[O-].[NH-]CCCCCC[NH2+]CC[NH2+]CCCCCC[NH-].[NH2-].[NH2-].[NH2-].[NH2-].[Pt+4].[Pt+4]. The smallest absolute Gasteiger partial charge is 0.693 e. The molecule has 0 atom stereocenters. The molecule has 0 aromatic rings. The number of quaternary nitrogens is 2. The van der Waals surface area contributed by atoms with Gasteiger partial charge >= 0.3 is 48.1 Å². The second-order valence-corrected chi connectivity index (χ2v) is 10.4. The van der Waals surface area contributed by atoms with Crippen molar-refractivity contribution in [2.45, 2.75) is 142 Å². The van der Waals surface area contributed by atoms with Gasteiger partial charge in [0.25, 0.3) is 0 Å². The van der Waals surface area contributed by atoms with E-state index in [0.717, 1.165) is 32.1 Å². The fourth-order valence-electron chi connectivity index (χ4n) is 3.89. The molecule has 0 bridgehead atoms. The molecule has 0 aliphatic heterocycles. The topological polar surface area (TPSA) is 348 Å². The van der Waals surface area contributed by atoms with Crippen LogP contribution in [0, 0.1) is 15.3 Å². The Morgan fingerprint density at radius 3 is 1.25 bits per heavy atom. The summed E-state index contributed by atoms with van der Waals surface area (Å²) in [4.78, 5) is 22.2. The average Bonchev–Trinajstić information content (AvgIpc) is 2.95. The molecule has 0 radical (unpaired) electrons. The quantitative estimate of drug-likeness (QED) is 0.0254. The largest absolute Gasteiger partial charge is 4.00 e. The molecule has 0 amide bonds. The van der Waals surface area contributed by atoms with Crippen LogP contribution in [0.25, 0.3) is 36.1 Å². The maximum Gasteiger partial charge on any atom is 4.00 e. The fraction of sp³-hybridized carbons (Fsp3) is 0.967. The maximum atomic E-state index is 10.0. The first kappa shape index (κ1) is 73.2. The molecular formula is C30H76N9O7Pt2+3. The minimum absolute atomic E-state index is 0. The first-order chi connectivity index (χ1) is 20.3. The standard InChI is InChI=1S/C14H32N4.C8H18O2.C8H16O2.NO3.4H2N.2Pt/c15-9-5-1-3-7-11-17-13-14-18-12-8-4-2-6-10-16;1-2-3-4-5-6-7-8-10-9;1-2-3-4-5-6-7-8(9)10;2-1(3)4;;;;;;/h15-18H,1-14H2;9H,2-8H2,1H3;2-7H2,1H3,(H,9,10);;4*1H2;;/q-2;;;5*-1;2*+4/p+2. The third-order valence-corrected chi connectivity index (χ3v) is 6.33. The Kier molecular flexibility index (Phi) is 117. The van der Waals surface area contributed by atoms with E-state index in [2.05, 4.69) is 29.4 Å². The molecule has 16 nitrogen and oxygen atoms in total. The Morgan fingerprint density at radius 1 is 0.604 bits per heavy atom. The van der Waals surface area contributed by atoms with E-state index in [1.54, 1.807) is 0 Å². The van der Waals surface area contributed by atoms with Gasteiger partial charge in [-0.25, -0.2) is 4.89 Å². The molecule has 300 valence electrons. The van der Waals surface area contributed by atoms with Crippen molar-refractivity contribution in [2.75, 3.05) is 45.9 Å². The zero-order valence-corrected chi connectivity index (χ0v) is 34.6. The van der Waals surface area contributed by atoms with Crippen LogP contribution < -0.4 is 10.6 Å². The Labute approximate surface area is 322 Å². The van der Waals surface area contributed by atoms with E-state index < -0.39 is 11.1 Å². The van der Waals surface area contributed by atoms with Crippen LogP contribution in [0.3, 0.4) is 0 Å². The Hall–Kier alpha value is -0.353. The molecule has 0 aliphatic carbocycles. The van der Waals surface area contributed by atoms with Crippen molar-refractivity contribution in [2.24, 2.45) is 0 Å². The molecule has 48 heavy (non-hydrogen) atoms. The monoisotopic (exact) mass is 1060 g/mol. The average molecular weight is 1070 g/mol. The van der Waals surface area contributed by atoms with Crippen molar-refractivity contribution in [3.8, 4) is 0 Å². The molecule has 0 spiro atoms. The summed E-state index contributed by atoms with van der Waals surface area (Å²) >= 11 is 0. The second kappa shape index (κ2) is 76.5. The normalized spacial score (nSPS) is 8.77. The number of rotatable bonds is 28. The predicted molar refractivity (Wildman–Crippen MR) is 193 cm³/mol. The van der Waals surface area contributed by atoms with Gasteiger partial charge in [-0.15, -0.1) is 0 Å². The number of aliphatic carboxylic acids is 1. The molecule has 0 saturated heterocycles. The van der Waals surface area contributed by atoms with Gasteiger partial charge in [-0.1, -0.05) is 97.3 Å². The number of carbonyl (C=O) groups is 1. The van der Waals surface area contributed by atoms with Gasteiger partial charge < -0.3 is 67.1 Å². The fourth-order valence-corrected chi connectivity index (χ4v) is 3.89. The molecule has 0 fully saturated rings. The number of carboxylic acid groups (broad SMARTS) is 1. The van der Waals surface area contributed by atoms with E-state index in [4.69, 9.17) is 37.2 Å². The molecule has 0 unspecified atom stereocenters. The molecule has 0 saturated carbocycles. The van der Waals surface area contributed by atoms with Crippen molar-refractivity contribution in [1.29, 1.82) is 0 Å². The summed E-state index contributed by atoms with van der Waals surface area (Å²) in [5.41, 5.74) is 14.1. The zero-order chi connectivity index (χ0) is 32.4. The molecule has 0 aromatic carbocycles. The van der Waals surface area contributed by atoms with E-state index in [-0.39, 0.29) is 66.7 Å². The van der Waals surface area contributed by atoms with Crippen LogP contribution in [-0.4, -0.2) is 67.3 Å². The van der Waals surface area contributed by atoms with E-state index in [0.29, 0.717) is 26.1 Å². The summed E-state index contributed by atoms with van der Waals surface area (Å²) < 4.78 is 0. The first-order valence-electron chi connectivity index (χ1n) is 16.6. The first-order valence-corrected chi connectivity index (χ1v) is 16.6. The minimum atomic E-state index is -1.75. The Balaban J connectivity index is -0.0000000527. The summed E-state index contributed by atoms with van der Waals surface area (Å²) in [7, 11) is 0. The summed E-state index contributed by atoms with van der Waals surface area (Å²) in [6.45, 7) is 11.0. The van der Waals surface area contributed by atoms with Crippen molar-refractivity contribution >= 4 is 5.97 Å². The van der Waals surface area contributed by atoms with E-state index in [1.807, 2.05) is 0 Å². The van der Waals surface area contributed by atoms with Crippen LogP contribution in [0.5, 0.6) is 0 Å². The number of nitrogens with zero attached hydrogens (tertiary/aromatic N) is 1. The number of nitrogens with two attached hydrogens (primary N) is 6. The number of hydrogen-bond donors (Lipinski definition) is 4. The van der Waals surface area contributed by atoms with Crippen LogP contribution in [0.15, 0.2) is 0 Å². The third kappa shape index (κ3) is 111. The van der Waals surface area contributed by atoms with Crippen molar-refractivity contribution < 1.29 is 77.9 Å². The second-order valence-electron chi connectivity index (χ2n) is 10.4. The van der Waals surface area contributed by atoms with Gasteiger partial charge in [-0.2, -0.15) is 13.1 Å². The van der Waals surface area contributed by atoms with Crippen molar-refractivity contribution in [3.05, 3.63) is 51.4 Å². The minimum Gasteiger partial charge on any atom is -0.693 e. The van der Waals surface area contributed by atoms with Crippen LogP contribution in [-0.2, 0) is 51.8 Å². The number of carboxylic acids is 1. The maximum absolute atomic E-state index is 10.0. The van der Waals surface area contributed by atoms with Gasteiger partial charge in [0.2, 0.25) is 0 Å². The summed E-state index contributed by atoms with van der Waals surface area (Å²) in [6, 6.07) is 0. The molecule has 0 rings (SSSR count). The third-order valence-electron chi connectivity index (χ3n) is 6.33. The van der Waals surface area contributed by atoms with Crippen molar-refractivity contribution in [3.63, 3.8) is 0 Å². The summed E-state index contributed by atoms with van der Waals surface area (Å²) in [6.07, 6.45) is 23.1. The zero-order valence-electron chi connectivity index (χ0n) is 30.1. The van der Waals surface area contributed by atoms with Gasteiger partial charge in [0.15, 0.2) is 0 Å². The molecular weight excluding hydrogens is 989 g/mol. The van der Waals surface area contributed by atoms with Crippen LogP contribution >= 0.6 is 0 Å². The predicted octanol–water partition coefficient (Wildman–Crippen LogP) is 9.23. The van der Waals surface area contributed by atoms with Crippen LogP contribution in [0.2, 0.25) is 0 Å². The van der Waals surface area contributed by atoms with Gasteiger partial charge in [-0.3, -0.25) is 10.1 Å². The van der Waals surface area contributed by atoms with Crippen LogP contribution in [0.1, 0.15) is 142 Å². The number of nitrogens with one attached hydrogen (secondary N) is 2. The van der Waals surface area contributed by atoms with Crippen LogP contribution in [0.4, 0.5) is 0 Å². The molecule has 16 N–H and O–H groups in total. The van der Waals surface area contributed by atoms with Gasteiger partial charge in [0.05, 0.1) is 24.8 Å². The summed E-state index contributed by atoms with van der Waals surface area (Å²) in [5.74, 6) is -0.670. The Bertz CT molecular complexity index is 488. The summed E-state index contributed by atoms with van der Waals surface area (Å²) in [5, 5.41) is 35.8. The van der Waals surface area contributed by atoms with Gasteiger partial charge in [0, 0.05) is 6.42 Å².